The van der Waals surface area contributed by atoms with Crippen LogP contribution in [0.4, 0.5) is 5.82 Å². The molecule has 2 heterocycles. The number of morpholine rings is 1. The lowest BCUT2D eigenvalue weighted by Gasteiger charge is -2.37. The third-order valence-corrected chi connectivity index (χ3v) is 4.74. The van der Waals surface area contributed by atoms with E-state index < -0.39 is 17.4 Å². The number of ether oxygens (including phenoxy) is 1. The number of nitrogens with one attached hydrogen (secondary N) is 1. The minimum atomic E-state index is -0.606. The van der Waals surface area contributed by atoms with E-state index in [9.17, 15) is 9.59 Å². The van der Waals surface area contributed by atoms with E-state index >= 15 is 0 Å². The van der Waals surface area contributed by atoms with E-state index in [4.69, 9.17) is 4.74 Å². The summed E-state index contributed by atoms with van der Waals surface area (Å²) in [4.78, 5) is 26.4. The van der Waals surface area contributed by atoms with Crippen molar-refractivity contribution in [3.8, 4) is 0 Å². The monoisotopic (exact) mass is 334 g/mol. The van der Waals surface area contributed by atoms with E-state index in [-0.39, 0.29) is 0 Å². The number of carbonyl (C=O) groups excluding carboxylic acids is 2. The van der Waals surface area contributed by atoms with Gasteiger partial charge in [0.1, 0.15) is 5.82 Å². The van der Waals surface area contributed by atoms with E-state index in [2.05, 4.69) is 10.4 Å². The Morgan fingerprint density at radius 1 is 1.29 bits per heavy atom. The van der Waals surface area contributed by atoms with Crippen LogP contribution >= 0.6 is 0 Å². The summed E-state index contributed by atoms with van der Waals surface area (Å²) in [5, 5.41) is 7.09. The van der Waals surface area contributed by atoms with Gasteiger partial charge in [0.25, 0.3) is 0 Å². The lowest BCUT2D eigenvalue weighted by Crippen LogP contribution is -2.53. The summed E-state index contributed by atoms with van der Waals surface area (Å²) in [5.74, 6) is -0.513. The molecule has 1 aliphatic heterocycles. The molecule has 1 saturated heterocycles. The van der Waals surface area contributed by atoms with Crippen molar-refractivity contribution >= 4 is 17.6 Å². The van der Waals surface area contributed by atoms with Crippen LogP contribution in [0.3, 0.4) is 0 Å². The number of nitrogens with zero attached hydrogens (tertiary/aromatic N) is 3. The topological polar surface area (TPSA) is 76.5 Å². The second-order valence-corrected chi connectivity index (χ2v) is 7.24. The summed E-state index contributed by atoms with van der Waals surface area (Å²) >= 11 is 0. The molecule has 1 saturated carbocycles. The van der Waals surface area contributed by atoms with Crippen LogP contribution < -0.4 is 5.32 Å². The average Bonchev–Trinajstić information content (AvgIpc) is 3.02. The largest absolute Gasteiger partial charge is 0.372 e. The molecule has 7 nitrogen and oxygen atoms in total. The molecule has 1 aromatic rings. The molecular weight excluding hydrogens is 308 g/mol. The van der Waals surface area contributed by atoms with E-state index in [0.717, 1.165) is 12.8 Å². The van der Waals surface area contributed by atoms with Gasteiger partial charge in [-0.25, -0.2) is 4.68 Å². The van der Waals surface area contributed by atoms with Gasteiger partial charge < -0.3 is 15.0 Å². The molecule has 2 fully saturated rings. The van der Waals surface area contributed by atoms with Crippen molar-refractivity contribution < 1.29 is 14.3 Å². The van der Waals surface area contributed by atoms with Crippen molar-refractivity contribution in [1.29, 1.82) is 0 Å². The summed E-state index contributed by atoms with van der Waals surface area (Å²) in [7, 11) is 0. The molecule has 0 aromatic carbocycles. The Labute approximate surface area is 142 Å². The first-order valence-corrected chi connectivity index (χ1v) is 8.74. The zero-order chi connectivity index (χ0) is 17.2. The highest BCUT2D eigenvalue weighted by atomic mass is 16.5. The summed E-state index contributed by atoms with van der Waals surface area (Å²) in [6, 6.07) is 2.06. The van der Waals surface area contributed by atoms with Gasteiger partial charge in [0.05, 0.1) is 24.4 Å². The van der Waals surface area contributed by atoms with Gasteiger partial charge in [0, 0.05) is 19.2 Å². The van der Waals surface area contributed by atoms with Gasteiger partial charge in [-0.3, -0.25) is 9.59 Å². The molecule has 1 N–H and O–H groups in total. The van der Waals surface area contributed by atoms with Crippen molar-refractivity contribution in [3.05, 3.63) is 12.3 Å². The molecule has 0 radical (unpaired) electrons. The number of amides is 2. The molecule has 2 amide bonds. The van der Waals surface area contributed by atoms with Gasteiger partial charge in [-0.05, 0) is 26.7 Å². The molecule has 7 heteroatoms. The van der Waals surface area contributed by atoms with Crippen molar-refractivity contribution in [2.45, 2.75) is 57.6 Å². The van der Waals surface area contributed by atoms with E-state index in [1.165, 1.54) is 19.3 Å². The minimum Gasteiger partial charge on any atom is -0.372 e. The van der Waals surface area contributed by atoms with Crippen LogP contribution in [0.1, 0.15) is 52.0 Å². The zero-order valence-corrected chi connectivity index (χ0v) is 14.5. The van der Waals surface area contributed by atoms with Crippen molar-refractivity contribution in [3.63, 3.8) is 0 Å². The summed E-state index contributed by atoms with van der Waals surface area (Å²) in [6.45, 7) is 5.15. The first-order valence-electron chi connectivity index (χ1n) is 8.74. The molecule has 0 spiro atoms. The minimum absolute atomic E-state index is 0.307. The number of aromatic nitrogens is 2. The van der Waals surface area contributed by atoms with Crippen molar-refractivity contribution in [1.82, 2.24) is 14.7 Å². The lowest BCUT2D eigenvalue weighted by molar-refractivity contribution is -0.153. The van der Waals surface area contributed by atoms with Gasteiger partial charge in [-0.2, -0.15) is 5.10 Å². The third-order valence-electron chi connectivity index (χ3n) is 4.74. The first-order chi connectivity index (χ1) is 11.5. The number of hydrogen-bond acceptors (Lipinski definition) is 4. The Morgan fingerprint density at radius 3 is 2.75 bits per heavy atom. The van der Waals surface area contributed by atoms with E-state index in [0.29, 0.717) is 31.6 Å². The van der Waals surface area contributed by atoms with Crippen LogP contribution in [0.15, 0.2) is 12.3 Å². The Bertz CT molecular complexity index is 605. The lowest BCUT2D eigenvalue weighted by atomic mass is 9.96. The Morgan fingerprint density at radius 2 is 2.04 bits per heavy atom. The zero-order valence-electron chi connectivity index (χ0n) is 14.5. The van der Waals surface area contributed by atoms with Gasteiger partial charge in [0.15, 0.2) is 0 Å². The summed E-state index contributed by atoms with van der Waals surface area (Å²) in [6.07, 6.45) is 7.42. The average molecular weight is 334 g/mol. The molecule has 2 aliphatic rings. The molecule has 3 rings (SSSR count). The molecule has 0 bridgehead atoms. The summed E-state index contributed by atoms with van der Waals surface area (Å²) in [5.41, 5.74) is -0.419. The predicted octanol–water partition coefficient (Wildman–Crippen LogP) is 1.96. The number of anilines is 1. The fourth-order valence-electron chi connectivity index (χ4n) is 3.53. The van der Waals surface area contributed by atoms with Crippen LogP contribution in [-0.2, 0) is 14.3 Å². The quantitative estimate of drug-likeness (QED) is 0.839. The number of hydrogen-bond donors (Lipinski definition) is 1. The molecule has 0 unspecified atom stereocenters. The van der Waals surface area contributed by atoms with Crippen LogP contribution in [0.25, 0.3) is 0 Å². The predicted molar refractivity (Wildman–Crippen MR) is 89.6 cm³/mol. The van der Waals surface area contributed by atoms with Crippen molar-refractivity contribution in [2.75, 3.05) is 25.0 Å². The van der Waals surface area contributed by atoms with Crippen LogP contribution in [0.5, 0.6) is 0 Å². The normalized spacial score (nSPS) is 21.5. The maximum absolute atomic E-state index is 12.4. The highest BCUT2D eigenvalue weighted by molar-refractivity contribution is 6.39. The SMILES string of the molecule is CC1(C)CN(C(=O)C(=O)Nc2ccnn2C2CCCCC2)CCO1. The number of rotatable bonds is 2. The molecule has 24 heavy (non-hydrogen) atoms. The van der Waals surface area contributed by atoms with Crippen LogP contribution in [0.2, 0.25) is 0 Å². The molecule has 0 atom stereocenters. The highest BCUT2D eigenvalue weighted by Gasteiger charge is 2.33. The number of carbonyl (C=O) groups is 2. The van der Waals surface area contributed by atoms with Gasteiger partial charge in [-0.1, -0.05) is 19.3 Å². The molecule has 1 aliphatic carbocycles. The van der Waals surface area contributed by atoms with E-state index in [1.54, 1.807) is 17.2 Å². The molecule has 132 valence electrons. The fraction of sp³-hybridized carbons (Fsp3) is 0.706. The van der Waals surface area contributed by atoms with Gasteiger partial charge in [0.2, 0.25) is 0 Å². The maximum Gasteiger partial charge on any atom is 0.315 e. The Kier molecular flexibility index (Phi) is 4.89. The molecular formula is C17H26N4O3. The fourth-order valence-corrected chi connectivity index (χ4v) is 3.53. The summed E-state index contributed by atoms with van der Waals surface area (Å²) < 4.78 is 7.44. The smallest absolute Gasteiger partial charge is 0.315 e. The maximum atomic E-state index is 12.4. The third kappa shape index (κ3) is 3.77. The van der Waals surface area contributed by atoms with Gasteiger partial charge in [-0.15, -0.1) is 0 Å². The van der Waals surface area contributed by atoms with Gasteiger partial charge >= 0.3 is 11.8 Å². The second-order valence-electron chi connectivity index (χ2n) is 7.24. The van der Waals surface area contributed by atoms with Crippen LogP contribution in [-0.4, -0.2) is 51.8 Å². The second kappa shape index (κ2) is 6.93. The molecule has 1 aromatic heterocycles. The van der Waals surface area contributed by atoms with Crippen molar-refractivity contribution in [2.24, 2.45) is 0 Å². The standard InChI is InChI=1S/C17H26N4O3/c1-17(2)12-20(10-11-24-17)16(23)15(22)19-14-8-9-18-21(14)13-6-4-3-5-7-13/h8-9,13H,3-7,10-12H2,1-2H3,(H,19,22). The first kappa shape index (κ1) is 17.0. The van der Waals surface area contributed by atoms with Crippen LogP contribution in [0, 0.1) is 0 Å². The van der Waals surface area contributed by atoms with E-state index in [1.807, 2.05) is 18.5 Å². The highest BCUT2D eigenvalue weighted by Crippen LogP contribution is 2.29. The Hall–Kier alpha value is -1.89. The Balaban J connectivity index is 1.64.